The highest BCUT2D eigenvalue weighted by Gasteiger charge is 2.16. The number of aliphatic hydroxyl groups is 1. The lowest BCUT2D eigenvalue weighted by Gasteiger charge is -2.08. The van der Waals surface area contributed by atoms with Gasteiger partial charge in [0.25, 0.3) is 5.91 Å². The monoisotopic (exact) mass is 293 g/mol. The highest BCUT2D eigenvalue weighted by molar-refractivity contribution is 6.32. The van der Waals surface area contributed by atoms with Gasteiger partial charge in [-0.15, -0.1) is 0 Å². The molecule has 2 N–H and O–H groups in total. The molecule has 0 aliphatic rings. The van der Waals surface area contributed by atoms with E-state index in [9.17, 15) is 9.90 Å². The van der Waals surface area contributed by atoms with E-state index in [1.807, 2.05) is 18.2 Å². The Hall–Kier alpha value is -1.85. The number of para-hydroxylation sites is 1. The summed E-state index contributed by atoms with van der Waals surface area (Å²) in [6.07, 6.45) is 0.911. The van der Waals surface area contributed by atoms with Crippen molar-refractivity contribution in [3.8, 4) is 5.69 Å². The number of halogens is 1. The molecule has 0 aliphatic heterocycles. The summed E-state index contributed by atoms with van der Waals surface area (Å²) >= 11 is 6.13. The first kappa shape index (κ1) is 14.6. The molecule has 1 atom stereocenters. The number of rotatable bonds is 4. The van der Waals surface area contributed by atoms with E-state index in [1.54, 1.807) is 24.6 Å². The van der Waals surface area contributed by atoms with E-state index < -0.39 is 6.10 Å². The minimum absolute atomic E-state index is 0.204. The van der Waals surface area contributed by atoms with Crippen molar-refractivity contribution in [2.45, 2.75) is 20.0 Å². The van der Waals surface area contributed by atoms with Crippen LogP contribution in [0.3, 0.4) is 0 Å². The summed E-state index contributed by atoms with van der Waals surface area (Å²) in [5, 5.41) is 16.6. The molecular formula is C14H16ClN3O2. The van der Waals surface area contributed by atoms with Crippen LogP contribution in [0, 0.1) is 6.92 Å². The molecule has 2 aromatic rings. The average Bonchev–Trinajstić information content (AvgIpc) is 2.78. The van der Waals surface area contributed by atoms with Crippen molar-refractivity contribution in [2.75, 3.05) is 6.54 Å². The lowest BCUT2D eigenvalue weighted by Crippen LogP contribution is -2.30. The Bertz CT molecular complexity index is 623. The number of nitrogens with one attached hydrogen (secondary N) is 1. The zero-order valence-corrected chi connectivity index (χ0v) is 12.1. The third kappa shape index (κ3) is 3.00. The second kappa shape index (κ2) is 6.07. The van der Waals surface area contributed by atoms with Crippen LogP contribution >= 0.6 is 11.6 Å². The predicted octanol–water partition coefficient (Wildman–Crippen LogP) is 1.94. The second-order valence-electron chi connectivity index (χ2n) is 4.57. The topological polar surface area (TPSA) is 67.2 Å². The Kier molecular flexibility index (Phi) is 4.42. The van der Waals surface area contributed by atoms with Crippen molar-refractivity contribution in [1.29, 1.82) is 0 Å². The summed E-state index contributed by atoms with van der Waals surface area (Å²) in [5.74, 6) is -0.262. The van der Waals surface area contributed by atoms with Gasteiger partial charge in [0.15, 0.2) is 0 Å². The van der Waals surface area contributed by atoms with Crippen molar-refractivity contribution >= 4 is 17.5 Å². The molecule has 1 heterocycles. The first-order valence-electron chi connectivity index (χ1n) is 6.26. The number of carbonyl (C=O) groups excluding carboxylic acids is 1. The first-order valence-corrected chi connectivity index (χ1v) is 6.64. The molecule has 0 bridgehead atoms. The fourth-order valence-electron chi connectivity index (χ4n) is 1.83. The smallest absolute Gasteiger partial charge is 0.254 e. The third-order valence-corrected chi connectivity index (χ3v) is 3.21. The highest BCUT2D eigenvalue weighted by atomic mass is 35.5. The van der Waals surface area contributed by atoms with E-state index in [-0.39, 0.29) is 12.5 Å². The van der Waals surface area contributed by atoms with Gasteiger partial charge in [0.05, 0.1) is 34.3 Å². The molecule has 0 aliphatic carbocycles. The number of aromatic nitrogens is 2. The van der Waals surface area contributed by atoms with E-state index in [4.69, 9.17) is 11.6 Å². The number of amides is 1. The maximum atomic E-state index is 12.0. The fraction of sp³-hybridized carbons (Fsp3) is 0.286. The van der Waals surface area contributed by atoms with Gasteiger partial charge in [0, 0.05) is 6.54 Å². The summed E-state index contributed by atoms with van der Waals surface area (Å²) in [4.78, 5) is 12.0. The molecule has 106 valence electrons. The summed E-state index contributed by atoms with van der Waals surface area (Å²) in [7, 11) is 0. The highest BCUT2D eigenvalue weighted by Crippen LogP contribution is 2.21. The van der Waals surface area contributed by atoms with Gasteiger partial charge in [0.1, 0.15) is 0 Å². The van der Waals surface area contributed by atoms with Crippen molar-refractivity contribution in [3.63, 3.8) is 0 Å². The Labute approximate surface area is 122 Å². The van der Waals surface area contributed by atoms with Gasteiger partial charge in [0.2, 0.25) is 0 Å². The largest absolute Gasteiger partial charge is 0.392 e. The van der Waals surface area contributed by atoms with Crippen LogP contribution in [0.2, 0.25) is 5.02 Å². The number of carbonyl (C=O) groups is 1. The average molecular weight is 294 g/mol. The summed E-state index contributed by atoms with van der Waals surface area (Å²) in [6, 6.07) is 7.29. The number of nitrogens with zero attached hydrogens (tertiary/aromatic N) is 2. The molecule has 5 nitrogen and oxygen atoms in total. The minimum Gasteiger partial charge on any atom is -0.392 e. The van der Waals surface area contributed by atoms with Crippen molar-refractivity contribution in [1.82, 2.24) is 15.1 Å². The van der Waals surface area contributed by atoms with Crippen LogP contribution < -0.4 is 5.32 Å². The van der Waals surface area contributed by atoms with E-state index in [1.165, 1.54) is 6.20 Å². The van der Waals surface area contributed by atoms with Crippen molar-refractivity contribution in [3.05, 3.63) is 46.7 Å². The number of hydrogen-bond donors (Lipinski definition) is 2. The lowest BCUT2D eigenvalue weighted by atomic mass is 10.2. The third-order valence-electron chi connectivity index (χ3n) is 2.89. The lowest BCUT2D eigenvalue weighted by molar-refractivity contribution is 0.0923. The molecule has 1 aromatic heterocycles. The van der Waals surface area contributed by atoms with Gasteiger partial charge in [-0.1, -0.05) is 23.7 Å². The van der Waals surface area contributed by atoms with Gasteiger partial charge < -0.3 is 10.4 Å². The Morgan fingerprint density at radius 1 is 1.50 bits per heavy atom. The summed E-state index contributed by atoms with van der Waals surface area (Å²) in [5.41, 5.74) is 1.88. The predicted molar refractivity (Wildman–Crippen MR) is 77.3 cm³/mol. The van der Waals surface area contributed by atoms with Gasteiger partial charge in [-0.2, -0.15) is 5.10 Å². The van der Waals surface area contributed by atoms with Crippen LogP contribution in [0.15, 0.2) is 30.5 Å². The second-order valence-corrected chi connectivity index (χ2v) is 4.97. The van der Waals surface area contributed by atoms with E-state index >= 15 is 0 Å². The number of hydrogen-bond acceptors (Lipinski definition) is 3. The minimum atomic E-state index is -0.585. The van der Waals surface area contributed by atoms with Crippen molar-refractivity contribution < 1.29 is 9.90 Å². The summed E-state index contributed by atoms with van der Waals surface area (Å²) < 4.78 is 1.62. The quantitative estimate of drug-likeness (QED) is 0.905. The molecule has 1 aromatic carbocycles. The zero-order valence-electron chi connectivity index (χ0n) is 11.3. The molecule has 0 spiro atoms. The van der Waals surface area contributed by atoms with Crippen LogP contribution in [0.5, 0.6) is 0 Å². The zero-order chi connectivity index (χ0) is 14.7. The Balaban J connectivity index is 2.28. The fourth-order valence-corrected chi connectivity index (χ4v) is 2.05. The maximum Gasteiger partial charge on any atom is 0.254 e. The van der Waals surface area contributed by atoms with E-state index in [0.717, 1.165) is 5.69 Å². The van der Waals surface area contributed by atoms with Crippen LogP contribution in [-0.4, -0.2) is 33.4 Å². The molecule has 0 saturated carbocycles. The van der Waals surface area contributed by atoms with Gasteiger partial charge in [-0.05, 0) is 26.0 Å². The molecule has 0 radical (unpaired) electrons. The summed E-state index contributed by atoms with van der Waals surface area (Å²) in [6.45, 7) is 3.61. The molecule has 20 heavy (non-hydrogen) atoms. The van der Waals surface area contributed by atoms with Gasteiger partial charge >= 0.3 is 0 Å². The molecule has 1 unspecified atom stereocenters. The van der Waals surface area contributed by atoms with E-state index in [0.29, 0.717) is 16.3 Å². The molecular weight excluding hydrogens is 278 g/mol. The molecule has 0 saturated heterocycles. The van der Waals surface area contributed by atoms with Crippen LogP contribution in [0.1, 0.15) is 23.0 Å². The van der Waals surface area contributed by atoms with Gasteiger partial charge in [-0.25, -0.2) is 4.68 Å². The first-order chi connectivity index (χ1) is 9.50. The van der Waals surface area contributed by atoms with E-state index in [2.05, 4.69) is 10.4 Å². The molecule has 1 amide bonds. The SMILES string of the molecule is Cc1c(C(=O)NCC(C)O)cnn1-c1ccccc1Cl. The normalized spacial score (nSPS) is 12.2. The van der Waals surface area contributed by atoms with Crippen LogP contribution in [-0.2, 0) is 0 Å². The van der Waals surface area contributed by atoms with Gasteiger partial charge in [-0.3, -0.25) is 4.79 Å². The maximum absolute atomic E-state index is 12.0. The number of aliphatic hydroxyl groups excluding tert-OH is 1. The number of benzene rings is 1. The van der Waals surface area contributed by atoms with Crippen molar-refractivity contribution in [2.24, 2.45) is 0 Å². The molecule has 2 rings (SSSR count). The Morgan fingerprint density at radius 3 is 2.85 bits per heavy atom. The van der Waals surface area contributed by atoms with Crippen LogP contribution in [0.4, 0.5) is 0 Å². The Morgan fingerprint density at radius 2 is 2.20 bits per heavy atom. The molecule has 6 heteroatoms. The molecule has 0 fully saturated rings. The van der Waals surface area contributed by atoms with Crippen LogP contribution in [0.25, 0.3) is 5.69 Å². The standard InChI is InChI=1S/C14H16ClN3O2/c1-9(19)7-16-14(20)11-8-17-18(10(11)2)13-6-4-3-5-12(13)15/h3-6,8-9,19H,7H2,1-2H3,(H,16,20).